The van der Waals surface area contributed by atoms with E-state index < -0.39 is 52.6 Å². The fraction of sp³-hybridized carbons (Fsp3) is 0.900. The van der Waals surface area contributed by atoms with E-state index in [1.54, 1.807) is 0 Å². The molecule has 0 spiro atoms. The number of aliphatic hydroxyl groups excluding tert-OH is 1. The minimum Gasteiger partial charge on any atom is -0.465 e. The number of cyclic esters (lactones) is 1. The SMILES string of the molecule is C[C@@H]1O[C@@H](O[C@@H]2C=C3CC[C@@H]4[C@H](CC[C@]5(C)[C@@H]([C@@H]6CCC(=O)OC6)CC[C@]45O)[C@@]3(C)CC2)[C@H](O)[C@H](O[N+](=O)[O-])[C@H]1O[N+](=O)[O-]. The standard InChI is InChI=1S/C30H44N2O12/c1-16-25(43-31(36)37)26(44-32(38)39)24(34)27(41-16)42-19-8-11-28(2)18(14-19)5-6-22-21(28)9-12-29(3)20(10-13-30(22,29)35)17-4-7-23(33)40-15-17/h14,16-17,19-22,24-27,34-35H,4-13,15H2,1-3H3/t16-,17+,19-,20+,21-,22+,24+,25-,26-,27-,28-,29+,30-/m0/s1. The molecule has 6 rings (SSSR count). The van der Waals surface area contributed by atoms with Crippen molar-refractivity contribution in [3.63, 3.8) is 0 Å². The highest BCUT2D eigenvalue weighted by Gasteiger charge is 2.67. The molecule has 14 heteroatoms. The summed E-state index contributed by atoms with van der Waals surface area (Å²) in [6, 6.07) is 0. The normalized spacial score (nSPS) is 48.6. The van der Waals surface area contributed by atoms with Crippen molar-refractivity contribution in [3.8, 4) is 0 Å². The predicted molar refractivity (Wildman–Crippen MR) is 149 cm³/mol. The molecule has 3 saturated carbocycles. The van der Waals surface area contributed by atoms with Crippen LogP contribution in [-0.4, -0.2) is 75.4 Å². The van der Waals surface area contributed by atoms with Crippen LogP contribution in [0.2, 0.25) is 0 Å². The lowest BCUT2D eigenvalue weighted by Crippen LogP contribution is -2.62. The summed E-state index contributed by atoms with van der Waals surface area (Å²) >= 11 is 0. The Morgan fingerprint density at radius 1 is 0.932 bits per heavy atom. The van der Waals surface area contributed by atoms with E-state index >= 15 is 0 Å². The Labute approximate surface area is 255 Å². The van der Waals surface area contributed by atoms with Crippen molar-refractivity contribution in [2.45, 2.75) is 127 Å². The van der Waals surface area contributed by atoms with Gasteiger partial charge in [-0.05, 0) is 99.2 Å². The van der Waals surface area contributed by atoms with Gasteiger partial charge in [-0.1, -0.05) is 25.5 Å². The van der Waals surface area contributed by atoms with Crippen LogP contribution in [0.3, 0.4) is 0 Å². The van der Waals surface area contributed by atoms with E-state index in [9.17, 15) is 35.2 Å². The molecule has 2 saturated heterocycles. The molecule has 0 radical (unpaired) electrons. The molecular formula is C30H44N2O12. The fourth-order valence-electron chi connectivity index (χ4n) is 10.3. The second-order valence-corrected chi connectivity index (χ2v) is 14.4. The molecule has 0 aromatic heterocycles. The zero-order valence-corrected chi connectivity index (χ0v) is 25.5. The molecule has 6 aliphatic rings. The zero-order chi connectivity index (χ0) is 31.6. The molecule has 13 atom stereocenters. The number of rotatable bonds is 7. The third-order valence-corrected chi connectivity index (χ3v) is 12.6. The average molecular weight is 625 g/mol. The maximum Gasteiger partial charge on any atom is 0.305 e. The molecule has 0 unspecified atom stereocenters. The number of fused-ring (bicyclic) bond motifs is 5. The van der Waals surface area contributed by atoms with Crippen LogP contribution in [0, 0.1) is 54.7 Å². The molecule has 2 N–H and O–H groups in total. The van der Waals surface area contributed by atoms with Gasteiger partial charge in [-0.3, -0.25) is 4.79 Å². The minimum absolute atomic E-state index is 0.125. The Kier molecular flexibility index (Phi) is 8.11. The molecule has 14 nitrogen and oxygen atoms in total. The molecule has 0 amide bonds. The smallest absolute Gasteiger partial charge is 0.305 e. The number of aliphatic hydroxyl groups is 2. The lowest BCUT2D eigenvalue weighted by atomic mass is 9.44. The van der Waals surface area contributed by atoms with Crippen LogP contribution in [0.1, 0.15) is 85.0 Å². The predicted octanol–water partition coefficient (Wildman–Crippen LogP) is 3.28. The summed E-state index contributed by atoms with van der Waals surface area (Å²) in [5, 5.41) is 43.2. The highest BCUT2D eigenvalue weighted by molar-refractivity contribution is 5.70. The van der Waals surface area contributed by atoms with Gasteiger partial charge >= 0.3 is 5.97 Å². The quantitative estimate of drug-likeness (QED) is 0.182. The number of hydrogen-bond acceptors (Lipinski definition) is 12. The van der Waals surface area contributed by atoms with Crippen LogP contribution in [0.15, 0.2) is 11.6 Å². The van der Waals surface area contributed by atoms with Gasteiger partial charge in [0.2, 0.25) is 0 Å². The van der Waals surface area contributed by atoms with Gasteiger partial charge in [-0.15, -0.1) is 20.2 Å². The van der Waals surface area contributed by atoms with Crippen molar-refractivity contribution in [2.75, 3.05) is 6.61 Å². The number of esters is 1. The van der Waals surface area contributed by atoms with Crippen LogP contribution >= 0.6 is 0 Å². The van der Waals surface area contributed by atoms with Gasteiger partial charge in [0.15, 0.2) is 18.5 Å². The summed E-state index contributed by atoms with van der Waals surface area (Å²) in [6.45, 7) is 6.46. The number of allylic oxidation sites excluding steroid dienone is 1. The van der Waals surface area contributed by atoms with Crippen molar-refractivity contribution in [3.05, 3.63) is 31.9 Å². The van der Waals surface area contributed by atoms with E-state index in [4.69, 9.17) is 14.2 Å². The molecule has 246 valence electrons. The monoisotopic (exact) mass is 624 g/mol. The van der Waals surface area contributed by atoms with Gasteiger partial charge in [-0.25, -0.2) is 0 Å². The molecule has 0 aromatic carbocycles. The molecule has 2 aliphatic heterocycles. The first-order valence-electron chi connectivity index (χ1n) is 16.0. The Balaban J connectivity index is 1.16. The fourth-order valence-corrected chi connectivity index (χ4v) is 10.3. The molecule has 0 bridgehead atoms. The first kappa shape index (κ1) is 31.4. The molecule has 5 fully saturated rings. The summed E-state index contributed by atoms with van der Waals surface area (Å²) in [5.41, 5.74) is 0.140. The van der Waals surface area contributed by atoms with Gasteiger partial charge in [0.25, 0.3) is 10.2 Å². The zero-order valence-electron chi connectivity index (χ0n) is 25.5. The minimum atomic E-state index is -1.70. The highest BCUT2D eigenvalue weighted by atomic mass is 17.0. The summed E-state index contributed by atoms with van der Waals surface area (Å²) in [5.74, 6) is 0.971. The van der Waals surface area contributed by atoms with Crippen LogP contribution in [0.4, 0.5) is 0 Å². The average Bonchev–Trinajstić information content (AvgIpc) is 3.24. The van der Waals surface area contributed by atoms with Gasteiger partial charge in [0, 0.05) is 6.42 Å². The Hall–Kier alpha value is -2.55. The first-order chi connectivity index (χ1) is 20.8. The van der Waals surface area contributed by atoms with E-state index in [1.807, 2.05) is 0 Å². The lowest BCUT2D eigenvalue weighted by Gasteiger charge is -2.62. The van der Waals surface area contributed by atoms with Crippen molar-refractivity contribution in [1.29, 1.82) is 0 Å². The Bertz CT molecular complexity index is 1190. The second kappa shape index (κ2) is 11.4. The van der Waals surface area contributed by atoms with Crippen molar-refractivity contribution >= 4 is 5.97 Å². The Morgan fingerprint density at radius 3 is 2.32 bits per heavy atom. The summed E-state index contributed by atoms with van der Waals surface area (Å²) in [6.07, 6.45) is 2.44. The lowest BCUT2D eigenvalue weighted by molar-refractivity contribution is -0.805. The second-order valence-electron chi connectivity index (χ2n) is 14.4. The molecular weight excluding hydrogens is 580 g/mol. The topological polar surface area (TPSA) is 190 Å². The molecule has 0 aromatic rings. The van der Waals surface area contributed by atoms with E-state index in [0.717, 1.165) is 51.4 Å². The van der Waals surface area contributed by atoms with E-state index in [0.29, 0.717) is 37.2 Å². The van der Waals surface area contributed by atoms with Crippen LogP contribution in [-0.2, 0) is 28.7 Å². The molecule has 2 heterocycles. The van der Waals surface area contributed by atoms with Gasteiger partial charge in [0.05, 0.1) is 24.4 Å². The van der Waals surface area contributed by atoms with Crippen LogP contribution in [0.25, 0.3) is 0 Å². The van der Waals surface area contributed by atoms with E-state index in [-0.39, 0.29) is 22.7 Å². The van der Waals surface area contributed by atoms with E-state index in [1.165, 1.54) is 12.5 Å². The van der Waals surface area contributed by atoms with Crippen LogP contribution < -0.4 is 0 Å². The summed E-state index contributed by atoms with van der Waals surface area (Å²) < 4.78 is 17.3. The first-order valence-corrected chi connectivity index (χ1v) is 16.0. The number of carbonyl (C=O) groups is 1. The third kappa shape index (κ3) is 5.05. The Morgan fingerprint density at radius 2 is 1.64 bits per heavy atom. The van der Waals surface area contributed by atoms with Gasteiger partial charge in [-0.2, -0.15) is 0 Å². The van der Waals surface area contributed by atoms with E-state index in [2.05, 4.69) is 29.6 Å². The number of hydrogen-bond donors (Lipinski definition) is 2. The van der Waals surface area contributed by atoms with Gasteiger partial charge < -0.3 is 34.1 Å². The number of carbonyl (C=O) groups excluding carboxylic acids is 1. The molecule has 4 aliphatic carbocycles. The largest absolute Gasteiger partial charge is 0.465 e. The number of ether oxygens (including phenoxy) is 3. The maximum absolute atomic E-state index is 12.5. The van der Waals surface area contributed by atoms with Crippen molar-refractivity contribution in [1.82, 2.24) is 0 Å². The number of nitrogens with zero attached hydrogens (tertiary/aromatic N) is 2. The maximum atomic E-state index is 12.5. The van der Waals surface area contributed by atoms with Crippen molar-refractivity contribution in [2.24, 2.45) is 34.5 Å². The van der Waals surface area contributed by atoms with Gasteiger partial charge in [0.1, 0.15) is 6.10 Å². The van der Waals surface area contributed by atoms with Crippen LogP contribution in [0.5, 0.6) is 0 Å². The summed E-state index contributed by atoms with van der Waals surface area (Å²) in [4.78, 5) is 42.9. The third-order valence-electron chi connectivity index (χ3n) is 12.6. The highest BCUT2D eigenvalue weighted by Crippen LogP contribution is 2.69. The summed E-state index contributed by atoms with van der Waals surface area (Å²) in [7, 11) is 0. The van der Waals surface area contributed by atoms with Crippen molar-refractivity contribution < 1.29 is 49.1 Å². The molecule has 44 heavy (non-hydrogen) atoms.